The van der Waals surface area contributed by atoms with Gasteiger partial charge in [0.25, 0.3) is 0 Å². The van der Waals surface area contributed by atoms with E-state index in [1.165, 1.54) is 30.0 Å². The zero-order valence-electron chi connectivity index (χ0n) is 15.3. The monoisotopic (exact) mass is 427 g/mol. The number of carbonyl (C=O) groups excluding carboxylic acids is 3. The summed E-state index contributed by atoms with van der Waals surface area (Å²) in [5.74, 6) is -0.104. The average molecular weight is 428 g/mol. The number of thioether (sulfide) groups is 1. The van der Waals surface area contributed by atoms with Gasteiger partial charge in [-0.2, -0.15) is 0 Å². The van der Waals surface area contributed by atoms with Gasteiger partial charge in [0, 0.05) is 16.9 Å². The van der Waals surface area contributed by atoms with Crippen molar-refractivity contribution in [3.05, 3.63) is 60.2 Å². The summed E-state index contributed by atoms with van der Waals surface area (Å²) < 4.78 is 0.557. The number of rotatable bonds is 7. The molecule has 8 nitrogen and oxygen atoms in total. The number of aromatic nitrogens is 2. The van der Waals surface area contributed by atoms with Crippen molar-refractivity contribution in [2.45, 2.75) is 11.3 Å². The summed E-state index contributed by atoms with van der Waals surface area (Å²) in [5, 5.41) is 16.2. The molecule has 0 unspecified atom stereocenters. The average Bonchev–Trinajstić information content (AvgIpc) is 3.14. The van der Waals surface area contributed by atoms with Crippen molar-refractivity contribution in [3.63, 3.8) is 0 Å². The van der Waals surface area contributed by atoms with E-state index in [1.54, 1.807) is 36.4 Å². The Kier molecular flexibility index (Phi) is 6.93. The quantitative estimate of drug-likeness (QED) is 0.297. The maximum absolute atomic E-state index is 12.1. The van der Waals surface area contributed by atoms with Crippen LogP contribution < -0.4 is 16.0 Å². The molecule has 0 saturated heterocycles. The van der Waals surface area contributed by atoms with Gasteiger partial charge in [0.1, 0.15) is 0 Å². The van der Waals surface area contributed by atoms with Crippen molar-refractivity contribution in [2.24, 2.45) is 0 Å². The number of nitrogens with one attached hydrogen (secondary N) is 3. The normalized spacial score (nSPS) is 10.2. The molecule has 3 rings (SSSR count). The van der Waals surface area contributed by atoms with Gasteiger partial charge in [-0.1, -0.05) is 41.3 Å². The summed E-state index contributed by atoms with van der Waals surface area (Å²) in [6, 6.07) is 15.3. The predicted molar refractivity (Wildman–Crippen MR) is 115 cm³/mol. The SMILES string of the molecule is CC(=O)c1ccc(NC(=O)CSc2nnc(NC(=O)Nc3ccccc3)s2)cc1. The van der Waals surface area contributed by atoms with Gasteiger partial charge in [-0.3, -0.25) is 14.9 Å². The lowest BCUT2D eigenvalue weighted by molar-refractivity contribution is -0.113. The number of amides is 3. The van der Waals surface area contributed by atoms with Gasteiger partial charge < -0.3 is 10.6 Å². The Morgan fingerprint density at radius 3 is 2.28 bits per heavy atom. The molecular formula is C19H17N5O3S2. The van der Waals surface area contributed by atoms with Gasteiger partial charge in [-0.05, 0) is 43.3 Å². The molecule has 3 aromatic rings. The molecular weight excluding hydrogens is 410 g/mol. The van der Waals surface area contributed by atoms with Gasteiger partial charge in [0.2, 0.25) is 11.0 Å². The summed E-state index contributed by atoms with van der Waals surface area (Å²) >= 11 is 2.39. The number of urea groups is 1. The number of anilines is 3. The molecule has 0 radical (unpaired) electrons. The van der Waals surface area contributed by atoms with E-state index in [4.69, 9.17) is 0 Å². The van der Waals surface area contributed by atoms with E-state index in [9.17, 15) is 14.4 Å². The third-order valence-corrected chi connectivity index (χ3v) is 5.53. The van der Waals surface area contributed by atoms with Crippen LogP contribution >= 0.6 is 23.1 Å². The maximum atomic E-state index is 12.1. The molecule has 2 aromatic carbocycles. The molecule has 0 saturated carbocycles. The van der Waals surface area contributed by atoms with E-state index in [-0.39, 0.29) is 17.4 Å². The highest BCUT2D eigenvalue weighted by molar-refractivity contribution is 8.01. The maximum Gasteiger partial charge on any atom is 0.325 e. The fourth-order valence-corrected chi connectivity index (χ4v) is 3.76. The molecule has 148 valence electrons. The Morgan fingerprint density at radius 2 is 1.59 bits per heavy atom. The van der Waals surface area contributed by atoms with Gasteiger partial charge >= 0.3 is 6.03 Å². The van der Waals surface area contributed by atoms with Crippen LogP contribution in [0.1, 0.15) is 17.3 Å². The molecule has 0 spiro atoms. The van der Waals surface area contributed by atoms with Crippen LogP contribution in [0.15, 0.2) is 58.9 Å². The number of nitrogens with zero attached hydrogens (tertiary/aromatic N) is 2. The summed E-state index contributed by atoms with van der Waals surface area (Å²) in [5.41, 5.74) is 1.86. The molecule has 0 fully saturated rings. The molecule has 0 aliphatic heterocycles. The second-order valence-electron chi connectivity index (χ2n) is 5.79. The Morgan fingerprint density at radius 1 is 0.897 bits per heavy atom. The number of ketones is 1. The van der Waals surface area contributed by atoms with Crippen LogP contribution in [0.25, 0.3) is 0 Å². The first-order valence-corrected chi connectivity index (χ1v) is 10.3. The first kappa shape index (κ1) is 20.5. The second-order valence-corrected chi connectivity index (χ2v) is 7.99. The molecule has 3 N–H and O–H groups in total. The number of Topliss-reactive ketones (excluding diaryl/α,β-unsaturated/α-hetero) is 1. The highest BCUT2D eigenvalue weighted by atomic mass is 32.2. The van der Waals surface area contributed by atoms with E-state index in [0.29, 0.717) is 26.4 Å². The topological polar surface area (TPSA) is 113 Å². The van der Waals surface area contributed by atoms with Crippen LogP contribution in [0.5, 0.6) is 0 Å². The van der Waals surface area contributed by atoms with E-state index in [0.717, 1.165) is 0 Å². The first-order valence-electron chi connectivity index (χ1n) is 8.50. The van der Waals surface area contributed by atoms with Crippen LogP contribution in [-0.4, -0.2) is 33.7 Å². The van der Waals surface area contributed by atoms with Crippen molar-refractivity contribution in [2.75, 3.05) is 21.7 Å². The van der Waals surface area contributed by atoms with Crippen molar-refractivity contribution < 1.29 is 14.4 Å². The lowest BCUT2D eigenvalue weighted by Crippen LogP contribution is -2.19. The third-order valence-electron chi connectivity index (χ3n) is 3.56. The summed E-state index contributed by atoms with van der Waals surface area (Å²) in [4.78, 5) is 35.3. The smallest absolute Gasteiger partial charge is 0.325 e. The molecule has 0 aliphatic carbocycles. The van der Waals surface area contributed by atoms with Gasteiger partial charge in [-0.25, -0.2) is 4.79 Å². The van der Waals surface area contributed by atoms with Crippen LogP contribution in [-0.2, 0) is 4.79 Å². The first-order chi connectivity index (χ1) is 14.0. The highest BCUT2D eigenvalue weighted by Gasteiger charge is 2.11. The van der Waals surface area contributed by atoms with Gasteiger partial charge in [0.15, 0.2) is 10.1 Å². The predicted octanol–water partition coefficient (Wildman–Crippen LogP) is 4.12. The van der Waals surface area contributed by atoms with Crippen LogP contribution in [0, 0.1) is 0 Å². The van der Waals surface area contributed by atoms with Crippen molar-refractivity contribution >= 4 is 57.3 Å². The minimum Gasteiger partial charge on any atom is -0.325 e. The van der Waals surface area contributed by atoms with Crippen molar-refractivity contribution in [1.29, 1.82) is 0 Å². The molecule has 0 aliphatic rings. The molecule has 10 heteroatoms. The standard InChI is InChI=1S/C19H17N5O3S2/c1-12(25)13-7-9-15(10-8-13)20-16(26)11-28-19-24-23-18(29-19)22-17(27)21-14-5-3-2-4-6-14/h2-10H,11H2,1H3,(H,20,26)(H2,21,22,23,27). The number of hydrogen-bond donors (Lipinski definition) is 3. The minimum atomic E-state index is -0.421. The van der Waals surface area contributed by atoms with Crippen molar-refractivity contribution in [1.82, 2.24) is 10.2 Å². The fraction of sp³-hybridized carbons (Fsp3) is 0.105. The summed E-state index contributed by atoms with van der Waals surface area (Å²) in [7, 11) is 0. The van der Waals surface area contributed by atoms with E-state index >= 15 is 0 Å². The fourth-order valence-electron chi connectivity index (χ4n) is 2.21. The summed E-state index contributed by atoms with van der Waals surface area (Å²) in [6.07, 6.45) is 0. The third kappa shape index (κ3) is 6.40. The lowest BCUT2D eigenvalue weighted by atomic mass is 10.1. The molecule has 3 amide bonds. The van der Waals surface area contributed by atoms with Crippen LogP contribution in [0.4, 0.5) is 21.3 Å². The van der Waals surface area contributed by atoms with E-state index < -0.39 is 6.03 Å². The Bertz CT molecular complexity index is 1010. The van der Waals surface area contributed by atoms with Crippen LogP contribution in [0.2, 0.25) is 0 Å². The minimum absolute atomic E-state index is 0.0310. The second kappa shape index (κ2) is 9.80. The molecule has 1 heterocycles. The summed E-state index contributed by atoms with van der Waals surface area (Å²) in [6.45, 7) is 1.49. The Hall–Kier alpha value is -3.24. The highest BCUT2D eigenvalue weighted by Crippen LogP contribution is 2.25. The zero-order valence-corrected chi connectivity index (χ0v) is 17.0. The number of hydrogen-bond acceptors (Lipinski definition) is 7. The number of carbonyl (C=O) groups is 3. The molecule has 0 atom stereocenters. The van der Waals surface area contributed by atoms with E-state index in [1.807, 2.05) is 18.2 Å². The van der Waals surface area contributed by atoms with E-state index in [2.05, 4.69) is 26.1 Å². The van der Waals surface area contributed by atoms with Gasteiger partial charge in [0.05, 0.1) is 5.75 Å². The largest absolute Gasteiger partial charge is 0.325 e. The number of para-hydroxylation sites is 1. The number of benzene rings is 2. The van der Waals surface area contributed by atoms with Crippen molar-refractivity contribution in [3.8, 4) is 0 Å². The van der Waals surface area contributed by atoms with Crippen LogP contribution in [0.3, 0.4) is 0 Å². The lowest BCUT2D eigenvalue weighted by Gasteiger charge is -2.05. The molecule has 0 bridgehead atoms. The Balaban J connectivity index is 1.45. The molecule has 1 aromatic heterocycles. The zero-order chi connectivity index (χ0) is 20.6. The van der Waals surface area contributed by atoms with Gasteiger partial charge in [-0.15, -0.1) is 10.2 Å². The Labute approximate surface area is 175 Å². The molecule has 29 heavy (non-hydrogen) atoms.